The van der Waals surface area contributed by atoms with Gasteiger partial charge in [0.1, 0.15) is 5.78 Å². The topological polar surface area (TPSA) is 82.1 Å². The summed E-state index contributed by atoms with van der Waals surface area (Å²) in [6.45, 7) is 2.65. The number of carbonyl (C=O) groups excluding carboxylic acids is 1. The van der Waals surface area contributed by atoms with Crippen LogP contribution in [0.3, 0.4) is 0 Å². The monoisotopic (exact) mass is 364 g/mol. The van der Waals surface area contributed by atoms with Gasteiger partial charge in [-0.3, -0.25) is 14.9 Å². The lowest BCUT2D eigenvalue weighted by molar-refractivity contribution is -0.123. The molecule has 1 saturated heterocycles. The Morgan fingerprint density at radius 3 is 2.74 bits per heavy atom. The fraction of sp³-hybridized carbons (Fsp3) is 0.381. The van der Waals surface area contributed by atoms with Gasteiger partial charge in [-0.1, -0.05) is 12.1 Å². The summed E-state index contributed by atoms with van der Waals surface area (Å²) in [6.07, 6.45) is 7.65. The van der Waals surface area contributed by atoms with Gasteiger partial charge in [-0.2, -0.15) is 5.10 Å². The number of carbonyl (C=O) groups is 1. The summed E-state index contributed by atoms with van der Waals surface area (Å²) in [5.41, 5.74) is 2.96. The molecule has 6 nitrogen and oxygen atoms in total. The number of aliphatic hydroxyl groups is 1. The van der Waals surface area contributed by atoms with Crippen LogP contribution >= 0.6 is 0 Å². The number of piperidine rings is 1. The molecule has 27 heavy (non-hydrogen) atoms. The number of nitrogens with one attached hydrogen (secondary N) is 1. The molecule has 140 valence electrons. The number of benzene rings is 1. The van der Waals surface area contributed by atoms with Crippen molar-refractivity contribution in [1.82, 2.24) is 20.1 Å². The Balaban J connectivity index is 1.46. The quantitative estimate of drug-likeness (QED) is 0.702. The number of ketones is 1. The highest BCUT2D eigenvalue weighted by Gasteiger charge is 2.24. The molecule has 0 spiro atoms. The lowest BCUT2D eigenvalue weighted by Gasteiger charge is -2.30. The van der Waals surface area contributed by atoms with Crippen LogP contribution in [0.2, 0.25) is 0 Å². The van der Waals surface area contributed by atoms with Crippen molar-refractivity contribution in [2.24, 2.45) is 5.92 Å². The molecule has 2 aromatic heterocycles. The Morgan fingerprint density at radius 2 is 2.00 bits per heavy atom. The molecule has 0 aliphatic carbocycles. The van der Waals surface area contributed by atoms with Gasteiger partial charge in [0, 0.05) is 47.9 Å². The van der Waals surface area contributed by atoms with E-state index in [2.05, 4.69) is 32.2 Å². The Kier molecular flexibility index (Phi) is 5.27. The Bertz CT molecular complexity index is 915. The maximum Gasteiger partial charge on any atom is 0.142 e. The molecule has 0 bridgehead atoms. The first-order valence-electron chi connectivity index (χ1n) is 9.47. The van der Waals surface area contributed by atoms with Gasteiger partial charge in [-0.15, -0.1) is 0 Å². The third-order valence-corrected chi connectivity index (χ3v) is 5.42. The molecule has 4 rings (SSSR count). The number of rotatable bonds is 6. The van der Waals surface area contributed by atoms with E-state index in [4.69, 9.17) is 5.11 Å². The first-order chi connectivity index (χ1) is 13.2. The van der Waals surface area contributed by atoms with E-state index in [1.54, 1.807) is 6.20 Å². The van der Waals surface area contributed by atoms with Crippen LogP contribution in [-0.2, 0) is 11.2 Å². The number of pyridine rings is 1. The second kappa shape index (κ2) is 7.98. The number of Topliss-reactive ketones (excluding diaryl/α,β-unsaturated/α-hetero) is 1. The molecule has 1 aliphatic heterocycles. The minimum Gasteiger partial charge on any atom is -0.395 e. The zero-order chi connectivity index (χ0) is 18.6. The molecule has 0 amide bonds. The van der Waals surface area contributed by atoms with Crippen molar-refractivity contribution in [2.45, 2.75) is 19.3 Å². The molecule has 1 fully saturated rings. The molecular weight excluding hydrogens is 340 g/mol. The SMILES string of the molecule is O=C(Cc1cc2cc(-c3cn[nH]c3)ccc2cn1)C1CCN(CCO)CC1. The van der Waals surface area contributed by atoms with E-state index in [1.807, 2.05) is 24.5 Å². The second-order valence-electron chi connectivity index (χ2n) is 7.21. The van der Waals surface area contributed by atoms with Gasteiger partial charge in [0.05, 0.1) is 12.8 Å². The highest BCUT2D eigenvalue weighted by molar-refractivity contribution is 5.88. The number of aliphatic hydroxyl groups excluding tert-OH is 1. The smallest absolute Gasteiger partial charge is 0.142 e. The molecule has 3 heterocycles. The highest BCUT2D eigenvalue weighted by Crippen LogP contribution is 2.25. The summed E-state index contributed by atoms with van der Waals surface area (Å²) in [6, 6.07) is 8.24. The maximum atomic E-state index is 12.7. The number of hydrogen-bond acceptors (Lipinski definition) is 5. The number of aromatic nitrogens is 3. The van der Waals surface area contributed by atoms with Crippen LogP contribution in [-0.4, -0.2) is 57.2 Å². The van der Waals surface area contributed by atoms with Gasteiger partial charge >= 0.3 is 0 Å². The largest absolute Gasteiger partial charge is 0.395 e. The van der Waals surface area contributed by atoms with E-state index in [-0.39, 0.29) is 18.3 Å². The number of nitrogens with zero attached hydrogens (tertiary/aromatic N) is 3. The summed E-state index contributed by atoms with van der Waals surface area (Å²) in [7, 11) is 0. The average molecular weight is 364 g/mol. The van der Waals surface area contributed by atoms with E-state index < -0.39 is 0 Å². The van der Waals surface area contributed by atoms with E-state index in [0.717, 1.165) is 53.5 Å². The number of fused-ring (bicyclic) bond motifs is 1. The molecular formula is C21H24N4O2. The summed E-state index contributed by atoms with van der Waals surface area (Å²) in [4.78, 5) is 19.4. The lowest BCUT2D eigenvalue weighted by Crippen LogP contribution is -2.38. The van der Waals surface area contributed by atoms with Crippen LogP contribution in [0.1, 0.15) is 18.5 Å². The summed E-state index contributed by atoms with van der Waals surface area (Å²) >= 11 is 0. The highest BCUT2D eigenvalue weighted by atomic mass is 16.3. The van der Waals surface area contributed by atoms with Crippen LogP contribution in [0.4, 0.5) is 0 Å². The number of β-amino-alcohol motifs (C(OH)–C–C–N with tert-alkyl or cyclic N) is 1. The predicted octanol–water partition coefficient (Wildman–Crippen LogP) is 2.44. The predicted molar refractivity (Wildman–Crippen MR) is 104 cm³/mol. The Labute approximate surface area is 158 Å². The van der Waals surface area contributed by atoms with Gasteiger partial charge < -0.3 is 10.0 Å². The first-order valence-corrected chi connectivity index (χ1v) is 9.47. The van der Waals surface area contributed by atoms with E-state index >= 15 is 0 Å². The number of H-pyrrole nitrogens is 1. The van der Waals surface area contributed by atoms with Crippen LogP contribution in [0, 0.1) is 5.92 Å². The third-order valence-electron chi connectivity index (χ3n) is 5.42. The summed E-state index contributed by atoms with van der Waals surface area (Å²) < 4.78 is 0. The zero-order valence-corrected chi connectivity index (χ0v) is 15.3. The minimum atomic E-state index is 0.106. The van der Waals surface area contributed by atoms with Crippen molar-refractivity contribution in [3.05, 3.63) is 48.5 Å². The van der Waals surface area contributed by atoms with Crippen LogP contribution in [0.25, 0.3) is 21.9 Å². The van der Waals surface area contributed by atoms with Gasteiger partial charge in [0.25, 0.3) is 0 Å². The second-order valence-corrected chi connectivity index (χ2v) is 7.21. The van der Waals surface area contributed by atoms with Crippen molar-refractivity contribution >= 4 is 16.6 Å². The molecule has 3 aromatic rings. The lowest BCUT2D eigenvalue weighted by atomic mass is 9.90. The van der Waals surface area contributed by atoms with Crippen LogP contribution in [0.15, 0.2) is 42.9 Å². The average Bonchev–Trinajstić information content (AvgIpc) is 3.23. The molecule has 1 aliphatic rings. The molecule has 0 unspecified atom stereocenters. The molecule has 2 N–H and O–H groups in total. The Hall–Kier alpha value is -2.57. The molecule has 0 radical (unpaired) electrons. The minimum absolute atomic E-state index is 0.106. The standard InChI is InChI=1S/C21H24N4O2/c26-8-7-25-5-3-15(4-6-25)21(27)11-20-10-18-9-16(19-13-23-24-14-19)1-2-17(18)12-22-20/h1-2,9-10,12-15,26H,3-8,11H2,(H,23,24). The van der Waals surface area contributed by atoms with Crippen molar-refractivity contribution in [3.63, 3.8) is 0 Å². The van der Waals surface area contributed by atoms with Crippen molar-refractivity contribution in [3.8, 4) is 11.1 Å². The number of likely N-dealkylation sites (tertiary alicyclic amines) is 1. The maximum absolute atomic E-state index is 12.7. The number of aromatic amines is 1. The van der Waals surface area contributed by atoms with Crippen molar-refractivity contribution in [2.75, 3.05) is 26.2 Å². The van der Waals surface area contributed by atoms with Crippen LogP contribution in [0.5, 0.6) is 0 Å². The molecule has 1 aromatic carbocycles. The molecule has 6 heteroatoms. The summed E-state index contributed by atoms with van der Waals surface area (Å²) in [5, 5.41) is 18.0. The van der Waals surface area contributed by atoms with Gasteiger partial charge in [0.15, 0.2) is 0 Å². The van der Waals surface area contributed by atoms with E-state index in [1.165, 1.54) is 0 Å². The Morgan fingerprint density at radius 1 is 1.15 bits per heavy atom. The zero-order valence-electron chi connectivity index (χ0n) is 15.3. The molecule has 0 saturated carbocycles. The summed E-state index contributed by atoms with van der Waals surface area (Å²) in [5.74, 6) is 0.381. The fourth-order valence-corrected chi connectivity index (χ4v) is 3.81. The van der Waals surface area contributed by atoms with E-state index in [9.17, 15) is 4.79 Å². The van der Waals surface area contributed by atoms with Gasteiger partial charge in [0.2, 0.25) is 0 Å². The van der Waals surface area contributed by atoms with Crippen molar-refractivity contribution < 1.29 is 9.90 Å². The van der Waals surface area contributed by atoms with Gasteiger partial charge in [-0.25, -0.2) is 0 Å². The molecule has 0 atom stereocenters. The first kappa shape index (κ1) is 17.8. The number of hydrogen-bond donors (Lipinski definition) is 2. The fourth-order valence-electron chi connectivity index (χ4n) is 3.81. The van der Waals surface area contributed by atoms with Crippen LogP contribution < -0.4 is 0 Å². The van der Waals surface area contributed by atoms with Crippen molar-refractivity contribution in [1.29, 1.82) is 0 Å². The van der Waals surface area contributed by atoms with Gasteiger partial charge in [-0.05, 0) is 49.0 Å². The third kappa shape index (κ3) is 4.07. The van der Waals surface area contributed by atoms with E-state index in [0.29, 0.717) is 13.0 Å². The normalized spacial score (nSPS) is 16.0.